The Morgan fingerprint density at radius 1 is 0.850 bits per heavy atom. The predicted octanol–water partition coefficient (Wildman–Crippen LogP) is 5.88. The zero-order chi connectivity index (χ0) is 28.9. The Hall–Kier alpha value is -3.81. The van der Waals surface area contributed by atoms with Gasteiger partial charge in [-0.05, 0) is 79.9 Å². The van der Waals surface area contributed by atoms with Crippen molar-refractivity contribution in [1.82, 2.24) is 10.6 Å². The molecule has 0 heterocycles. The minimum atomic E-state index is -0.974. The van der Waals surface area contributed by atoms with Gasteiger partial charge in [-0.3, -0.25) is 9.59 Å². The third-order valence-corrected chi connectivity index (χ3v) is 7.69. The molecule has 40 heavy (non-hydrogen) atoms. The van der Waals surface area contributed by atoms with Gasteiger partial charge in [-0.2, -0.15) is 0 Å². The Kier molecular flexibility index (Phi) is 9.17. The maximum absolute atomic E-state index is 13.3. The summed E-state index contributed by atoms with van der Waals surface area (Å²) in [5, 5.41) is 29.7. The summed E-state index contributed by atoms with van der Waals surface area (Å²) < 4.78 is 0. The minimum Gasteiger partial charge on any atom is -0.508 e. The number of carbonyl (C=O) groups is 2. The first kappa shape index (κ1) is 29.2. The van der Waals surface area contributed by atoms with E-state index in [2.05, 4.69) is 34.9 Å². The molecule has 6 nitrogen and oxygen atoms in total. The highest BCUT2D eigenvalue weighted by atomic mass is 32.2. The lowest BCUT2D eigenvalue weighted by Crippen LogP contribution is -2.46. The molecule has 4 aromatic carbocycles. The first-order chi connectivity index (χ1) is 19.0. The summed E-state index contributed by atoms with van der Waals surface area (Å²) in [6.07, 6.45) is -0.797. The van der Waals surface area contributed by atoms with Crippen LogP contribution in [-0.2, 0) is 6.42 Å². The first-order valence-corrected chi connectivity index (χ1v) is 14.3. The van der Waals surface area contributed by atoms with Gasteiger partial charge < -0.3 is 20.8 Å². The topological polar surface area (TPSA) is 98.7 Å². The van der Waals surface area contributed by atoms with Crippen LogP contribution in [0, 0.1) is 6.92 Å². The van der Waals surface area contributed by atoms with E-state index in [1.54, 1.807) is 36.9 Å². The number of fused-ring (bicyclic) bond motifs is 1. The summed E-state index contributed by atoms with van der Waals surface area (Å²) in [6, 6.07) is 25.5. The second-order valence-electron chi connectivity index (χ2n) is 11.0. The highest BCUT2D eigenvalue weighted by Crippen LogP contribution is 2.26. The van der Waals surface area contributed by atoms with Gasteiger partial charge in [0.25, 0.3) is 11.8 Å². The van der Waals surface area contributed by atoms with Crippen molar-refractivity contribution in [2.45, 2.75) is 56.7 Å². The molecule has 208 valence electrons. The van der Waals surface area contributed by atoms with Crippen LogP contribution in [-0.4, -0.2) is 45.5 Å². The van der Waals surface area contributed by atoms with Gasteiger partial charge in [0.2, 0.25) is 0 Å². The van der Waals surface area contributed by atoms with Crippen LogP contribution in [0.5, 0.6) is 5.75 Å². The number of nitrogens with one attached hydrogen (secondary N) is 2. The number of phenols is 1. The molecule has 0 bridgehead atoms. The molecule has 7 heteroatoms. The molecule has 0 aliphatic heterocycles. The summed E-state index contributed by atoms with van der Waals surface area (Å²) >= 11 is 1.54. The molecular formula is C33H36N2O4S. The van der Waals surface area contributed by atoms with Crippen molar-refractivity contribution in [2.24, 2.45) is 0 Å². The normalized spacial score (nSPS) is 13.0. The van der Waals surface area contributed by atoms with Gasteiger partial charge in [0.05, 0.1) is 12.1 Å². The Balaban J connectivity index is 1.58. The van der Waals surface area contributed by atoms with Gasteiger partial charge in [-0.15, -0.1) is 11.8 Å². The lowest BCUT2D eigenvalue weighted by atomic mass is 9.96. The van der Waals surface area contributed by atoms with Gasteiger partial charge >= 0.3 is 0 Å². The molecule has 0 fully saturated rings. The number of hydrogen-bond acceptors (Lipinski definition) is 5. The third kappa shape index (κ3) is 7.64. The molecular weight excluding hydrogens is 520 g/mol. The van der Waals surface area contributed by atoms with E-state index in [1.165, 1.54) is 12.1 Å². The van der Waals surface area contributed by atoms with Crippen LogP contribution >= 0.6 is 11.8 Å². The van der Waals surface area contributed by atoms with E-state index in [4.69, 9.17) is 0 Å². The van der Waals surface area contributed by atoms with E-state index >= 15 is 0 Å². The molecule has 0 saturated heterocycles. The fourth-order valence-electron chi connectivity index (χ4n) is 4.49. The molecule has 2 atom stereocenters. The van der Waals surface area contributed by atoms with Gasteiger partial charge in [0.1, 0.15) is 5.75 Å². The van der Waals surface area contributed by atoms with Crippen LogP contribution in [0.15, 0.2) is 89.8 Å². The van der Waals surface area contributed by atoms with Crippen LogP contribution in [0.1, 0.15) is 52.6 Å². The van der Waals surface area contributed by atoms with Crippen LogP contribution in [0.25, 0.3) is 10.8 Å². The maximum atomic E-state index is 13.3. The van der Waals surface area contributed by atoms with Gasteiger partial charge in [-0.1, -0.05) is 54.6 Å². The standard InChI is InChI=1S/C33H36N2O4S/c1-21-13-15-25(36)19-28(21)31(38)34-29(20-40-26-16-14-22-9-5-6-10-23(22)17-26)30(37)18-24-11-7-8-12-27(24)32(39)35-33(2,3)4/h5-17,19,29-30,36-37H,18,20H2,1-4H3,(H,34,38)(H,35,39)/t29-,30+/m0/s1. The van der Waals surface area contributed by atoms with E-state index in [9.17, 15) is 19.8 Å². The molecule has 0 radical (unpaired) electrons. The van der Waals surface area contributed by atoms with Crippen molar-refractivity contribution < 1.29 is 19.8 Å². The summed E-state index contributed by atoms with van der Waals surface area (Å²) in [6.45, 7) is 7.55. The fraction of sp³-hybridized carbons (Fsp3) is 0.273. The van der Waals surface area contributed by atoms with E-state index in [0.29, 0.717) is 22.4 Å². The van der Waals surface area contributed by atoms with E-state index in [1.807, 2.05) is 51.1 Å². The number of aliphatic hydroxyl groups excluding tert-OH is 1. The first-order valence-electron chi connectivity index (χ1n) is 13.3. The zero-order valence-corrected chi connectivity index (χ0v) is 24.1. The number of phenolic OH excluding ortho intramolecular Hbond substituents is 1. The van der Waals surface area contributed by atoms with Gasteiger partial charge in [0.15, 0.2) is 0 Å². The average molecular weight is 557 g/mol. The Morgan fingerprint density at radius 3 is 2.30 bits per heavy atom. The highest BCUT2D eigenvalue weighted by Gasteiger charge is 2.26. The monoisotopic (exact) mass is 556 g/mol. The van der Waals surface area contributed by atoms with Gasteiger partial charge in [-0.25, -0.2) is 0 Å². The fourth-order valence-corrected chi connectivity index (χ4v) is 5.54. The summed E-state index contributed by atoms with van der Waals surface area (Å²) in [7, 11) is 0. The van der Waals surface area contributed by atoms with E-state index in [0.717, 1.165) is 21.2 Å². The summed E-state index contributed by atoms with van der Waals surface area (Å²) in [5.41, 5.74) is 1.84. The maximum Gasteiger partial charge on any atom is 0.252 e. The average Bonchev–Trinajstić information content (AvgIpc) is 2.91. The largest absolute Gasteiger partial charge is 0.508 e. The molecule has 0 unspecified atom stereocenters. The third-order valence-electron chi connectivity index (χ3n) is 6.58. The van der Waals surface area contributed by atoms with Crippen LogP contribution in [0.4, 0.5) is 0 Å². The Bertz CT molecular complexity index is 1510. The molecule has 0 spiro atoms. The van der Waals surface area contributed by atoms with Crippen LogP contribution in [0.3, 0.4) is 0 Å². The Labute approximate surface area is 239 Å². The van der Waals surface area contributed by atoms with Crippen molar-refractivity contribution in [3.63, 3.8) is 0 Å². The molecule has 4 aromatic rings. The number of aromatic hydroxyl groups is 1. The molecule has 0 aromatic heterocycles. The lowest BCUT2D eigenvalue weighted by molar-refractivity contribution is 0.0849. The van der Waals surface area contributed by atoms with Gasteiger partial charge in [0, 0.05) is 33.7 Å². The van der Waals surface area contributed by atoms with Crippen molar-refractivity contribution in [2.75, 3.05) is 5.75 Å². The minimum absolute atomic E-state index is 0.00262. The van der Waals surface area contributed by atoms with Crippen LogP contribution < -0.4 is 10.6 Å². The number of aliphatic hydroxyl groups is 1. The molecule has 0 saturated carbocycles. The second-order valence-corrected chi connectivity index (χ2v) is 12.1. The number of rotatable bonds is 9. The number of amides is 2. The summed E-state index contributed by atoms with van der Waals surface area (Å²) in [5.74, 6) is -0.191. The quantitative estimate of drug-likeness (QED) is 0.193. The number of carbonyl (C=O) groups excluding carboxylic acids is 2. The SMILES string of the molecule is Cc1ccc(O)cc1C(=O)N[C@@H](CSc1ccc2ccccc2c1)[C@H](O)Cc1ccccc1C(=O)NC(C)(C)C. The van der Waals surface area contributed by atoms with Crippen molar-refractivity contribution >= 4 is 34.3 Å². The molecule has 4 N–H and O–H groups in total. The smallest absolute Gasteiger partial charge is 0.252 e. The van der Waals surface area contributed by atoms with Crippen LogP contribution in [0.2, 0.25) is 0 Å². The number of hydrogen-bond donors (Lipinski definition) is 4. The molecule has 0 aliphatic carbocycles. The zero-order valence-electron chi connectivity index (χ0n) is 23.3. The van der Waals surface area contributed by atoms with E-state index in [-0.39, 0.29) is 24.0 Å². The van der Waals surface area contributed by atoms with Crippen molar-refractivity contribution in [1.29, 1.82) is 0 Å². The Morgan fingerprint density at radius 2 is 1.55 bits per heavy atom. The molecule has 4 rings (SSSR count). The second kappa shape index (κ2) is 12.6. The molecule has 0 aliphatic rings. The van der Waals surface area contributed by atoms with Crippen molar-refractivity contribution in [3.8, 4) is 5.75 Å². The number of benzene rings is 4. The number of aryl methyl sites for hydroxylation is 1. The lowest BCUT2D eigenvalue weighted by Gasteiger charge is -2.26. The number of thioether (sulfide) groups is 1. The molecule has 2 amide bonds. The highest BCUT2D eigenvalue weighted by molar-refractivity contribution is 7.99. The van der Waals surface area contributed by atoms with E-state index < -0.39 is 17.7 Å². The van der Waals surface area contributed by atoms with Crippen molar-refractivity contribution in [3.05, 3.63) is 107 Å². The predicted molar refractivity (Wildman–Crippen MR) is 162 cm³/mol. The summed E-state index contributed by atoms with van der Waals surface area (Å²) in [4.78, 5) is 27.3.